The molecular weight excluding hydrogens is 423 g/mol. The molecule has 0 unspecified atom stereocenters. The lowest BCUT2D eigenvalue weighted by Crippen LogP contribution is -2.15. The van der Waals surface area contributed by atoms with Crippen LogP contribution in [0.4, 0.5) is 24.7 Å². The van der Waals surface area contributed by atoms with Crippen molar-refractivity contribution in [2.75, 3.05) is 10.6 Å². The predicted octanol–water partition coefficient (Wildman–Crippen LogP) is 4.50. The average Bonchev–Trinajstić information content (AvgIpc) is 3.13. The smallest absolute Gasteiger partial charge is 0.362 e. The molecule has 0 spiro atoms. The summed E-state index contributed by atoms with van der Waals surface area (Å²) in [5.74, 6) is 0.00973. The maximum Gasteiger partial charge on any atom is 0.433 e. The molecule has 0 aliphatic rings. The molecule has 0 fully saturated rings. The van der Waals surface area contributed by atoms with E-state index in [0.29, 0.717) is 22.7 Å². The summed E-state index contributed by atoms with van der Waals surface area (Å²) in [5.41, 5.74) is 2.34. The zero-order valence-electron chi connectivity index (χ0n) is 17.0. The maximum atomic E-state index is 12.6. The Balaban J connectivity index is 1.46. The number of aromatic amines is 1. The quantitative estimate of drug-likeness (QED) is 0.421. The highest BCUT2D eigenvalue weighted by molar-refractivity contribution is 6.04. The molecule has 8 nitrogen and oxygen atoms in total. The minimum absolute atomic E-state index is 0.0219. The largest absolute Gasteiger partial charge is 0.433 e. The number of hydrogen-bond acceptors (Lipinski definition) is 6. The molecule has 1 amide bonds. The molecule has 4 rings (SSSR count). The SMILES string of the molecule is Cc1[nH]nc2ncc(N[C@@H](C)c3cccc(NC(=O)c4ccc(C(F)(F)F)nc4)c3)nc12. The van der Waals surface area contributed by atoms with Crippen LogP contribution in [0.25, 0.3) is 11.2 Å². The summed E-state index contributed by atoms with van der Waals surface area (Å²) in [7, 11) is 0. The van der Waals surface area contributed by atoms with Gasteiger partial charge >= 0.3 is 6.18 Å². The normalized spacial score (nSPS) is 12.5. The van der Waals surface area contributed by atoms with Crippen LogP contribution in [0.1, 0.15) is 40.3 Å². The number of nitrogens with zero attached hydrogens (tertiary/aromatic N) is 4. The van der Waals surface area contributed by atoms with Crippen LogP contribution < -0.4 is 10.6 Å². The summed E-state index contributed by atoms with van der Waals surface area (Å²) in [6.07, 6.45) is -2.07. The molecule has 3 N–H and O–H groups in total. The Morgan fingerprint density at radius 1 is 1.12 bits per heavy atom. The van der Waals surface area contributed by atoms with Gasteiger partial charge in [-0.05, 0) is 43.7 Å². The first-order chi connectivity index (χ1) is 15.2. The zero-order chi connectivity index (χ0) is 22.9. The summed E-state index contributed by atoms with van der Waals surface area (Å²) in [6.45, 7) is 3.78. The van der Waals surface area contributed by atoms with Gasteiger partial charge in [0.1, 0.15) is 17.0 Å². The number of amides is 1. The monoisotopic (exact) mass is 441 g/mol. The van der Waals surface area contributed by atoms with Gasteiger partial charge in [-0.2, -0.15) is 18.3 Å². The first-order valence-corrected chi connectivity index (χ1v) is 9.59. The van der Waals surface area contributed by atoms with Gasteiger partial charge in [0.2, 0.25) is 0 Å². The van der Waals surface area contributed by atoms with Crippen molar-refractivity contribution in [1.82, 2.24) is 25.1 Å². The van der Waals surface area contributed by atoms with Crippen LogP contribution in [0.2, 0.25) is 0 Å². The van der Waals surface area contributed by atoms with Crippen LogP contribution in [0.5, 0.6) is 0 Å². The van der Waals surface area contributed by atoms with E-state index < -0.39 is 17.8 Å². The number of alkyl halides is 3. The lowest BCUT2D eigenvalue weighted by Gasteiger charge is -2.16. The summed E-state index contributed by atoms with van der Waals surface area (Å²) in [6, 6.07) is 8.79. The van der Waals surface area contributed by atoms with Crippen molar-refractivity contribution in [3.8, 4) is 0 Å². The Kier molecular flexibility index (Phi) is 5.47. The van der Waals surface area contributed by atoms with Crippen molar-refractivity contribution in [2.45, 2.75) is 26.1 Å². The van der Waals surface area contributed by atoms with E-state index in [9.17, 15) is 18.0 Å². The van der Waals surface area contributed by atoms with Gasteiger partial charge in [-0.1, -0.05) is 12.1 Å². The molecule has 0 saturated heterocycles. The Hall–Kier alpha value is -4.02. The molecule has 164 valence electrons. The van der Waals surface area contributed by atoms with E-state index in [0.717, 1.165) is 29.6 Å². The van der Waals surface area contributed by atoms with Crippen LogP contribution in [0.15, 0.2) is 48.8 Å². The fourth-order valence-corrected chi connectivity index (χ4v) is 3.07. The van der Waals surface area contributed by atoms with E-state index >= 15 is 0 Å². The lowest BCUT2D eigenvalue weighted by atomic mass is 10.1. The minimum atomic E-state index is -4.56. The second-order valence-electron chi connectivity index (χ2n) is 7.15. The fraction of sp³-hybridized carbons (Fsp3) is 0.190. The van der Waals surface area contributed by atoms with Crippen molar-refractivity contribution in [1.29, 1.82) is 0 Å². The lowest BCUT2D eigenvalue weighted by molar-refractivity contribution is -0.141. The third-order valence-corrected chi connectivity index (χ3v) is 4.76. The molecule has 11 heteroatoms. The molecule has 0 saturated carbocycles. The third kappa shape index (κ3) is 4.51. The van der Waals surface area contributed by atoms with Gasteiger partial charge in [-0.3, -0.25) is 14.9 Å². The topological polar surface area (TPSA) is 108 Å². The number of fused-ring (bicyclic) bond motifs is 1. The van der Waals surface area contributed by atoms with E-state index in [2.05, 4.69) is 35.8 Å². The molecule has 0 radical (unpaired) electrons. The predicted molar refractivity (Wildman–Crippen MR) is 112 cm³/mol. The van der Waals surface area contributed by atoms with Crippen molar-refractivity contribution >= 4 is 28.6 Å². The van der Waals surface area contributed by atoms with E-state index in [1.807, 2.05) is 19.9 Å². The Labute approximate surface area is 180 Å². The summed E-state index contributed by atoms with van der Waals surface area (Å²) >= 11 is 0. The fourth-order valence-electron chi connectivity index (χ4n) is 3.07. The van der Waals surface area contributed by atoms with Gasteiger partial charge in [-0.25, -0.2) is 9.97 Å². The Morgan fingerprint density at radius 3 is 2.66 bits per heavy atom. The molecule has 3 heterocycles. The number of halogens is 3. The van der Waals surface area contributed by atoms with Crippen molar-refractivity contribution < 1.29 is 18.0 Å². The van der Waals surface area contributed by atoms with E-state index in [-0.39, 0.29) is 11.6 Å². The average molecular weight is 441 g/mol. The summed E-state index contributed by atoms with van der Waals surface area (Å²) in [5, 5.41) is 12.8. The molecule has 0 bridgehead atoms. The first-order valence-electron chi connectivity index (χ1n) is 9.59. The molecule has 0 aliphatic heterocycles. The maximum absolute atomic E-state index is 12.6. The van der Waals surface area contributed by atoms with Gasteiger partial charge in [0.25, 0.3) is 5.91 Å². The van der Waals surface area contributed by atoms with Crippen molar-refractivity contribution in [3.05, 3.63) is 71.3 Å². The van der Waals surface area contributed by atoms with Gasteiger partial charge in [0, 0.05) is 11.9 Å². The van der Waals surface area contributed by atoms with Crippen molar-refractivity contribution in [3.63, 3.8) is 0 Å². The number of rotatable bonds is 5. The Bertz CT molecular complexity index is 1270. The highest BCUT2D eigenvalue weighted by atomic mass is 19.4. The number of nitrogens with one attached hydrogen (secondary N) is 3. The second kappa shape index (κ2) is 8.25. The van der Waals surface area contributed by atoms with Crippen molar-refractivity contribution in [2.24, 2.45) is 0 Å². The molecule has 3 aromatic heterocycles. The van der Waals surface area contributed by atoms with E-state index in [4.69, 9.17) is 0 Å². The highest BCUT2D eigenvalue weighted by Gasteiger charge is 2.32. The van der Waals surface area contributed by atoms with Gasteiger partial charge in [0.15, 0.2) is 5.65 Å². The number of hydrogen-bond donors (Lipinski definition) is 3. The number of aromatic nitrogens is 5. The number of pyridine rings is 1. The van der Waals surface area contributed by atoms with Crippen LogP contribution in [-0.4, -0.2) is 31.1 Å². The number of benzene rings is 1. The number of anilines is 2. The minimum Gasteiger partial charge on any atom is -0.362 e. The number of carbonyl (C=O) groups is 1. The highest BCUT2D eigenvalue weighted by Crippen LogP contribution is 2.27. The Morgan fingerprint density at radius 2 is 1.94 bits per heavy atom. The third-order valence-electron chi connectivity index (χ3n) is 4.76. The van der Waals surface area contributed by atoms with E-state index in [1.165, 1.54) is 0 Å². The first kappa shape index (κ1) is 21.2. The summed E-state index contributed by atoms with van der Waals surface area (Å²) in [4.78, 5) is 24.5. The second-order valence-corrected chi connectivity index (χ2v) is 7.15. The van der Waals surface area contributed by atoms with E-state index in [1.54, 1.807) is 24.4 Å². The number of H-pyrrole nitrogens is 1. The molecule has 0 aliphatic carbocycles. The standard InChI is InChI=1S/C21H18F3N7O/c1-11(27-17-10-26-19-18(29-17)12(2)30-31-19)13-4-3-5-15(8-13)28-20(32)14-6-7-16(25-9-14)21(22,23)24/h3-11H,1-2H3,(H,27,29)(H,28,32)(H,26,30,31)/t11-/m0/s1. The molecule has 4 aromatic rings. The molecule has 1 atom stereocenters. The van der Waals surface area contributed by atoms with Crippen LogP contribution in [-0.2, 0) is 6.18 Å². The zero-order valence-corrected chi connectivity index (χ0v) is 17.0. The number of carbonyl (C=O) groups excluding carboxylic acids is 1. The van der Waals surface area contributed by atoms with Crippen LogP contribution in [0, 0.1) is 6.92 Å². The number of aryl methyl sites for hydroxylation is 1. The van der Waals surface area contributed by atoms with Crippen LogP contribution in [0.3, 0.4) is 0 Å². The van der Waals surface area contributed by atoms with Gasteiger partial charge in [0.05, 0.1) is 23.5 Å². The molecule has 32 heavy (non-hydrogen) atoms. The molecule has 1 aromatic carbocycles. The summed E-state index contributed by atoms with van der Waals surface area (Å²) < 4.78 is 37.9. The molecular formula is C21H18F3N7O. The van der Waals surface area contributed by atoms with Gasteiger partial charge < -0.3 is 10.6 Å². The van der Waals surface area contributed by atoms with Crippen LogP contribution >= 0.6 is 0 Å². The van der Waals surface area contributed by atoms with Gasteiger partial charge in [-0.15, -0.1) is 0 Å².